The number of hydrogen-bond acceptors (Lipinski definition) is 4. The van der Waals surface area contributed by atoms with Gasteiger partial charge in [0.05, 0.1) is 6.07 Å². The summed E-state index contributed by atoms with van der Waals surface area (Å²) in [6, 6.07) is 4.09. The summed E-state index contributed by atoms with van der Waals surface area (Å²) in [4.78, 5) is 3.28. The lowest BCUT2D eigenvalue weighted by molar-refractivity contribution is 0.337. The van der Waals surface area contributed by atoms with Crippen LogP contribution in [0.1, 0.15) is 16.9 Å². The van der Waals surface area contributed by atoms with Crippen LogP contribution in [0, 0.1) is 23.2 Å². The molecule has 0 spiro atoms. The summed E-state index contributed by atoms with van der Waals surface area (Å²) in [6.07, 6.45) is 0.541. The zero-order chi connectivity index (χ0) is 11.8. The van der Waals surface area contributed by atoms with Gasteiger partial charge in [0.1, 0.15) is 6.61 Å². The number of nitrogens with zero attached hydrogens (tertiary/aromatic N) is 2. The maximum absolute atomic E-state index is 8.64. The zero-order valence-corrected chi connectivity index (χ0v) is 10.0. The smallest absolute Gasteiger partial charge is 0.104 e. The molecule has 1 heterocycles. The lowest BCUT2D eigenvalue weighted by atomic mass is 10.2. The van der Waals surface area contributed by atoms with E-state index < -0.39 is 0 Å². The predicted octanol–water partition coefficient (Wildman–Crippen LogP) is 1.44. The minimum Gasteiger partial charge on any atom is -0.384 e. The lowest BCUT2D eigenvalue weighted by Crippen LogP contribution is -2.18. The van der Waals surface area contributed by atoms with Gasteiger partial charge >= 0.3 is 0 Å². The Hall–Kier alpha value is -1.33. The number of nitriles is 1. The highest BCUT2D eigenvalue weighted by atomic mass is 32.1. The van der Waals surface area contributed by atoms with Gasteiger partial charge in [-0.05, 0) is 18.5 Å². The molecule has 16 heavy (non-hydrogen) atoms. The maximum Gasteiger partial charge on any atom is 0.104 e. The second-order valence-corrected chi connectivity index (χ2v) is 4.36. The summed E-state index contributed by atoms with van der Waals surface area (Å²) < 4.78 is 0. The first kappa shape index (κ1) is 12.7. The molecule has 0 amide bonds. The molecule has 0 saturated carbocycles. The van der Waals surface area contributed by atoms with Crippen molar-refractivity contribution in [1.29, 1.82) is 5.26 Å². The highest BCUT2D eigenvalue weighted by Crippen LogP contribution is 2.17. The first-order chi connectivity index (χ1) is 7.77. The number of thiophene rings is 1. The molecular weight excluding hydrogens is 220 g/mol. The largest absolute Gasteiger partial charge is 0.384 e. The molecule has 0 radical (unpaired) electrons. The van der Waals surface area contributed by atoms with Crippen LogP contribution in [-0.4, -0.2) is 30.2 Å². The molecule has 0 fully saturated rings. The van der Waals surface area contributed by atoms with Crippen molar-refractivity contribution >= 4 is 11.3 Å². The van der Waals surface area contributed by atoms with Crippen molar-refractivity contribution in [3.05, 3.63) is 21.9 Å². The summed E-state index contributed by atoms with van der Waals surface area (Å²) in [5.41, 5.74) is 0.975. The van der Waals surface area contributed by atoms with Crippen LogP contribution in [-0.2, 0) is 6.54 Å². The van der Waals surface area contributed by atoms with Gasteiger partial charge in [0.25, 0.3) is 0 Å². The molecule has 1 rings (SSSR count). The van der Waals surface area contributed by atoms with Crippen LogP contribution in [0.15, 0.2) is 11.4 Å². The second kappa shape index (κ2) is 7.03. The molecule has 0 aliphatic carbocycles. The molecule has 0 saturated heterocycles. The van der Waals surface area contributed by atoms with E-state index in [1.54, 1.807) is 11.3 Å². The van der Waals surface area contributed by atoms with Gasteiger partial charge in [-0.15, -0.1) is 11.3 Å². The fourth-order valence-electron chi connectivity index (χ4n) is 1.27. The molecule has 0 unspecified atom stereocenters. The molecular formula is C12H14N2OS. The summed E-state index contributed by atoms with van der Waals surface area (Å²) in [6.45, 7) is 1.45. The second-order valence-electron chi connectivity index (χ2n) is 3.36. The molecule has 0 aliphatic heterocycles. The lowest BCUT2D eigenvalue weighted by Gasteiger charge is -2.13. The third-order valence-electron chi connectivity index (χ3n) is 2.07. The molecule has 1 aromatic rings. The Labute approximate surface area is 99.9 Å². The molecule has 0 aliphatic rings. The standard InChI is InChI=1S/C12H14N2OS/c1-14(7-3-6-13)10-12-11(4-2-8-15)5-9-16-12/h5,9,15H,3,7-8,10H2,1H3. The van der Waals surface area contributed by atoms with Crippen molar-refractivity contribution in [3.8, 4) is 17.9 Å². The molecule has 84 valence electrons. The van der Waals surface area contributed by atoms with Crippen LogP contribution in [0.3, 0.4) is 0 Å². The van der Waals surface area contributed by atoms with Crippen LogP contribution in [0.25, 0.3) is 0 Å². The van der Waals surface area contributed by atoms with E-state index in [0.29, 0.717) is 6.42 Å². The number of aliphatic hydroxyl groups excluding tert-OH is 1. The van der Waals surface area contributed by atoms with Crippen molar-refractivity contribution in [2.75, 3.05) is 20.2 Å². The molecule has 1 N–H and O–H groups in total. The van der Waals surface area contributed by atoms with Crippen molar-refractivity contribution in [2.24, 2.45) is 0 Å². The normalized spacial score (nSPS) is 9.62. The Balaban J connectivity index is 2.60. The van der Waals surface area contributed by atoms with Gasteiger partial charge in [0.2, 0.25) is 0 Å². The quantitative estimate of drug-likeness (QED) is 0.802. The highest BCUT2D eigenvalue weighted by molar-refractivity contribution is 7.10. The molecule has 0 bridgehead atoms. The Morgan fingerprint density at radius 3 is 3.06 bits per heavy atom. The van der Waals surface area contributed by atoms with Gasteiger partial charge < -0.3 is 10.0 Å². The van der Waals surface area contributed by atoms with Crippen LogP contribution in [0.4, 0.5) is 0 Å². The minimum atomic E-state index is -0.112. The van der Waals surface area contributed by atoms with Gasteiger partial charge in [-0.3, -0.25) is 0 Å². The average molecular weight is 234 g/mol. The fraction of sp³-hybridized carbons (Fsp3) is 0.417. The van der Waals surface area contributed by atoms with Gasteiger partial charge in [-0.25, -0.2) is 0 Å². The van der Waals surface area contributed by atoms with Crippen molar-refractivity contribution in [2.45, 2.75) is 13.0 Å². The predicted molar refractivity (Wildman–Crippen MR) is 64.8 cm³/mol. The van der Waals surface area contributed by atoms with Crippen LogP contribution >= 0.6 is 11.3 Å². The monoisotopic (exact) mass is 234 g/mol. The van der Waals surface area contributed by atoms with Gasteiger partial charge in [0.15, 0.2) is 0 Å². The van der Waals surface area contributed by atoms with E-state index in [4.69, 9.17) is 10.4 Å². The molecule has 0 atom stereocenters. The Kier molecular flexibility index (Phi) is 5.60. The summed E-state index contributed by atoms with van der Waals surface area (Å²) in [7, 11) is 1.99. The third-order valence-corrected chi connectivity index (χ3v) is 2.97. The van der Waals surface area contributed by atoms with E-state index in [-0.39, 0.29) is 6.61 Å². The van der Waals surface area contributed by atoms with Crippen molar-refractivity contribution in [1.82, 2.24) is 4.90 Å². The third kappa shape index (κ3) is 4.04. The number of aliphatic hydroxyl groups is 1. The summed E-state index contributed by atoms with van der Waals surface area (Å²) in [5.74, 6) is 5.57. The average Bonchev–Trinajstić information content (AvgIpc) is 2.71. The van der Waals surface area contributed by atoms with Crippen molar-refractivity contribution < 1.29 is 5.11 Å². The molecule has 0 aromatic carbocycles. The Bertz CT molecular complexity index is 422. The minimum absolute atomic E-state index is 0.112. The van der Waals surface area contributed by atoms with E-state index in [1.165, 1.54) is 4.88 Å². The van der Waals surface area contributed by atoms with Gasteiger partial charge in [0, 0.05) is 30.0 Å². The number of hydrogen-bond donors (Lipinski definition) is 1. The van der Waals surface area contributed by atoms with Gasteiger partial charge in [-0.2, -0.15) is 5.26 Å². The number of rotatable bonds is 4. The SMILES string of the molecule is CN(CCC#N)Cc1sccc1C#CCO. The van der Waals surface area contributed by atoms with Crippen LogP contribution in [0.5, 0.6) is 0 Å². The van der Waals surface area contributed by atoms with Crippen LogP contribution in [0.2, 0.25) is 0 Å². The molecule has 3 nitrogen and oxygen atoms in total. The fourth-order valence-corrected chi connectivity index (χ4v) is 2.18. The first-order valence-electron chi connectivity index (χ1n) is 4.99. The van der Waals surface area contributed by atoms with E-state index in [2.05, 4.69) is 22.8 Å². The Morgan fingerprint density at radius 2 is 2.38 bits per heavy atom. The molecule has 4 heteroatoms. The van der Waals surface area contributed by atoms with E-state index >= 15 is 0 Å². The summed E-state index contributed by atoms with van der Waals surface area (Å²) >= 11 is 1.65. The topological polar surface area (TPSA) is 47.3 Å². The van der Waals surface area contributed by atoms with Gasteiger partial charge in [-0.1, -0.05) is 11.8 Å². The van der Waals surface area contributed by atoms with E-state index in [0.717, 1.165) is 18.7 Å². The zero-order valence-electron chi connectivity index (χ0n) is 9.23. The summed E-state index contributed by atoms with van der Waals surface area (Å²) in [5, 5.41) is 19.1. The van der Waals surface area contributed by atoms with Crippen molar-refractivity contribution in [3.63, 3.8) is 0 Å². The van der Waals surface area contributed by atoms with E-state index in [9.17, 15) is 0 Å². The highest BCUT2D eigenvalue weighted by Gasteiger charge is 2.05. The first-order valence-corrected chi connectivity index (χ1v) is 5.87. The van der Waals surface area contributed by atoms with Crippen LogP contribution < -0.4 is 0 Å². The van der Waals surface area contributed by atoms with E-state index in [1.807, 2.05) is 18.5 Å². The Morgan fingerprint density at radius 1 is 1.56 bits per heavy atom. The maximum atomic E-state index is 8.64. The molecule has 1 aromatic heterocycles.